The number of primary amides is 1. The Kier molecular flexibility index (Phi) is 6.05. The number of hydrogen-bond donors (Lipinski definition) is 2. The molecular formula is C14H21ClN4O2S. The Hall–Kier alpha value is -1.31. The highest BCUT2D eigenvalue weighted by molar-refractivity contribution is 7.16. The molecule has 0 bridgehead atoms. The van der Waals surface area contributed by atoms with Crippen molar-refractivity contribution in [2.45, 2.75) is 25.4 Å². The third-order valence-corrected chi connectivity index (χ3v) is 4.88. The van der Waals surface area contributed by atoms with Gasteiger partial charge in [-0.1, -0.05) is 11.6 Å². The van der Waals surface area contributed by atoms with Crippen molar-refractivity contribution in [1.82, 2.24) is 15.1 Å². The average Bonchev–Trinajstić information content (AvgIpc) is 2.85. The molecule has 0 aliphatic carbocycles. The van der Waals surface area contributed by atoms with Gasteiger partial charge in [-0.25, -0.2) is 4.79 Å². The molecule has 0 aromatic carbocycles. The fraction of sp³-hybridized carbons (Fsp3) is 0.571. The molecule has 1 saturated heterocycles. The molecule has 0 unspecified atom stereocenters. The van der Waals surface area contributed by atoms with Crippen molar-refractivity contribution in [3.63, 3.8) is 0 Å². The van der Waals surface area contributed by atoms with Crippen LogP contribution in [0.25, 0.3) is 0 Å². The van der Waals surface area contributed by atoms with E-state index in [-0.39, 0.29) is 18.0 Å². The van der Waals surface area contributed by atoms with Crippen molar-refractivity contribution in [3.8, 4) is 0 Å². The maximum absolute atomic E-state index is 12.2. The standard InChI is InChI=1S/C14H21ClN4O2S/c1-18(8-11-2-3-12(15)22-11)14(21)17-10-4-6-19(7-5-10)9-13(16)20/h2-3,10H,4-9H2,1H3,(H2,16,20)(H,17,21). The number of halogens is 1. The number of carbonyl (C=O) groups excluding carboxylic acids is 2. The van der Waals surface area contributed by atoms with E-state index < -0.39 is 0 Å². The zero-order valence-electron chi connectivity index (χ0n) is 12.5. The number of carbonyl (C=O) groups is 2. The van der Waals surface area contributed by atoms with Crippen LogP contribution in [-0.2, 0) is 11.3 Å². The summed E-state index contributed by atoms with van der Waals surface area (Å²) in [4.78, 5) is 27.8. The van der Waals surface area contributed by atoms with Crippen molar-refractivity contribution < 1.29 is 9.59 Å². The molecule has 8 heteroatoms. The van der Waals surface area contributed by atoms with Crippen molar-refractivity contribution in [2.75, 3.05) is 26.7 Å². The van der Waals surface area contributed by atoms with Gasteiger partial charge in [-0.05, 0) is 25.0 Å². The van der Waals surface area contributed by atoms with Gasteiger partial charge in [0.15, 0.2) is 0 Å². The summed E-state index contributed by atoms with van der Waals surface area (Å²) in [6.07, 6.45) is 1.66. The summed E-state index contributed by atoms with van der Waals surface area (Å²) in [5, 5.41) is 3.04. The van der Waals surface area contributed by atoms with Crippen LogP contribution in [0.4, 0.5) is 4.79 Å². The van der Waals surface area contributed by atoms with Crippen molar-refractivity contribution in [1.29, 1.82) is 0 Å². The fourth-order valence-corrected chi connectivity index (χ4v) is 3.62. The Balaban J connectivity index is 1.74. The van der Waals surface area contributed by atoms with Crippen LogP contribution in [0.2, 0.25) is 4.34 Å². The quantitative estimate of drug-likeness (QED) is 0.849. The number of nitrogens with two attached hydrogens (primary N) is 1. The molecule has 0 radical (unpaired) electrons. The predicted octanol–water partition coefficient (Wildman–Crippen LogP) is 1.49. The zero-order chi connectivity index (χ0) is 16.1. The summed E-state index contributed by atoms with van der Waals surface area (Å²) in [7, 11) is 1.77. The zero-order valence-corrected chi connectivity index (χ0v) is 14.1. The minimum absolute atomic E-state index is 0.0853. The third-order valence-electron chi connectivity index (χ3n) is 3.66. The molecule has 1 aromatic rings. The topological polar surface area (TPSA) is 78.7 Å². The molecule has 22 heavy (non-hydrogen) atoms. The summed E-state index contributed by atoms with van der Waals surface area (Å²) in [6.45, 7) is 2.39. The second kappa shape index (κ2) is 7.80. The molecule has 1 aliphatic rings. The van der Waals surface area contributed by atoms with Crippen LogP contribution < -0.4 is 11.1 Å². The van der Waals surface area contributed by atoms with Gasteiger partial charge in [0.2, 0.25) is 5.91 Å². The molecule has 6 nitrogen and oxygen atoms in total. The minimum atomic E-state index is -0.308. The van der Waals surface area contributed by atoms with Crippen molar-refractivity contribution >= 4 is 34.9 Å². The lowest BCUT2D eigenvalue weighted by Crippen LogP contribution is -2.49. The van der Waals surface area contributed by atoms with Gasteiger partial charge in [0.25, 0.3) is 0 Å². The lowest BCUT2D eigenvalue weighted by molar-refractivity contribution is -0.119. The smallest absolute Gasteiger partial charge is 0.317 e. The Morgan fingerprint density at radius 2 is 2.14 bits per heavy atom. The van der Waals surface area contributed by atoms with Crippen LogP contribution in [0.5, 0.6) is 0 Å². The summed E-state index contributed by atoms with van der Waals surface area (Å²) in [5.41, 5.74) is 5.19. The summed E-state index contributed by atoms with van der Waals surface area (Å²) < 4.78 is 0.727. The SMILES string of the molecule is CN(Cc1ccc(Cl)s1)C(=O)NC1CCN(CC(N)=O)CC1. The first-order valence-electron chi connectivity index (χ1n) is 7.20. The lowest BCUT2D eigenvalue weighted by Gasteiger charge is -2.32. The third kappa shape index (κ3) is 5.15. The second-order valence-electron chi connectivity index (χ2n) is 5.53. The van der Waals surface area contributed by atoms with Crippen molar-refractivity contribution in [3.05, 3.63) is 21.3 Å². The van der Waals surface area contributed by atoms with E-state index in [1.165, 1.54) is 11.3 Å². The first-order chi connectivity index (χ1) is 10.4. The number of piperidine rings is 1. The second-order valence-corrected chi connectivity index (χ2v) is 7.33. The van der Waals surface area contributed by atoms with Gasteiger partial charge in [0, 0.05) is 31.1 Å². The van der Waals surface area contributed by atoms with E-state index in [9.17, 15) is 9.59 Å². The first-order valence-corrected chi connectivity index (χ1v) is 8.40. The van der Waals surface area contributed by atoms with E-state index in [1.54, 1.807) is 11.9 Å². The van der Waals surface area contributed by atoms with Crippen LogP contribution in [0, 0.1) is 0 Å². The number of urea groups is 1. The minimum Gasteiger partial charge on any atom is -0.369 e. The molecule has 2 heterocycles. The van der Waals surface area contributed by atoms with Gasteiger partial charge in [-0.2, -0.15) is 0 Å². The Morgan fingerprint density at radius 1 is 1.45 bits per heavy atom. The largest absolute Gasteiger partial charge is 0.369 e. The molecule has 0 saturated carbocycles. The van der Waals surface area contributed by atoms with E-state index in [2.05, 4.69) is 5.32 Å². The number of hydrogen-bond acceptors (Lipinski definition) is 4. The molecule has 0 spiro atoms. The molecule has 1 fully saturated rings. The van der Waals surface area contributed by atoms with Crippen LogP contribution in [0.3, 0.4) is 0 Å². The van der Waals surface area contributed by atoms with Crippen LogP contribution in [0.15, 0.2) is 12.1 Å². The normalized spacial score (nSPS) is 16.5. The highest BCUT2D eigenvalue weighted by Crippen LogP contribution is 2.22. The number of nitrogens with one attached hydrogen (secondary N) is 1. The molecular weight excluding hydrogens is 324 g/mol. The summed E-state index contributed by atoms with van der Waals surface area (Å²) in [5.74, 6) is -0.308. The van der Waals surface area contributed by atoms with Crippen LogP contribution >= 0.6 is 22.9 Å². The monoisotopic (exact) mass is 344 g/mol. The molecule has 3 amide bonds. The molecule has 3 N–H and O–H groups in total. The predicted molar refractivity (Wildman–Crippen MR) is 88.0 cm³/mol. The molecule has 122 valence electrons. The summed E-state index contributed by atoms with van der Waals surface area (Å²) >= 11 is 7.37. The van der Waals surface area contributed by atoms with Gasteiger partial charge in [-0.3, -0.25) is 9.69 Å². The number of nitrogens with zero attached hydrogens (tertiary/aromatic N) is 2. The van der Waals surface area contributed by atoms with Gasteiger partial charge < -0.3 is 16.0 Å². The van der Waals surface area contributed by atoms with Gasteiger partial charge >= 0.3 is 6.03 Å². The number of amides is 3. The molecule has 1 aliphatic heterocycles. The number of rotatable bonds is 5. The fourth-order valence-electron chi connectivity index (χ4n) is 2.48. The van der Waals surface area contributed by atoms with Gasteiger partial charge in [-0.15, -0.1) is 11.3 Å². The van der Waals surface area contributed by atoms with Gasteiger partial charge in [0.1, 0.15) is 0 Å². The highest BCUT2D eigenvalue weighted by Gasteiger charge is 2.22. The Morgan fingerprint density at radius 3 is 2.68 bits per heavy atom. The number of thiophene rings is 1. The van der Waals surface area contributed by atoms with E-state index in [1.807, 2.05) is 17.0 Å². The first kappa shape index (κ1) is 17.1. The maximum Gasteiger partial charge on any atom is 0.317 e. The average molecular weight is 345 g/mol. The van der Waals surface area contributed by atoms with Crippen LogP contribution in [0.1, 0.15) is 17.7 Å². The Labute approximate surface area is 139 Å². The van der Waals surface area contributed by atoms with E-state index in [0.717, 1.165) is 35.1 Å². The molecule has 2 rings (SSSR count). The molecule has 0 atom stereocenters. The summed E-state index contributed by atoms with van der Waals surface area (Å²) in [6, 6.07) is 3.82. The van der Waals surface area contributed by atoms with E-state index >= 15 is 0 Å². The molecule has 1 aromatic heterocycles. The highest BCUT2D eigenvalue weighted by atomic mass is 35.5. The van der Waals surface area contributed by atoms with Gasteiger partial charge in [0.05, 0.1) is 17.4 Å². The lowest BCUT2D eigenvalue weighted by atomic mass is 10.1. The van der Waals surface area contributed by atoms with E-state index in [0.29, 0.717) is 13.1 Å². The van der Waals surface area contributed by atoms with E-state index in [4.69, 9.17) is 17.3 Å². The van der Waals surface area contributed by atoms with Crippen LogP contribution in [-0.4, -0.2) is 54.5 Å². The number of likely N-dealkylation sites (tertiary alicyclic amines) is 1. The maximum atomic E-state index is 12.2. The Bertz CT molecular complexity index is 529. The van der Waals surface area contributed by atoms with Crippen molar-refractivity contribution in [2.24, 2.45) is 5.73 Å².